The van der Waals surface area contributed by atoms with Gasteiger partial charge in [0.15, 0.2) is 0 Å². The number of rotatable bonds is 9. The Labute approximate surface area is 205 Å². The maximum atomic E-state index is 12.8. The Balaban J connectivity index is 1.57. The van der Waals surface area contributed by atoms with Crippen molar-refractivity contribution < 1.29 is 23.9 Å². The lowest BCUT2D eigenvalue weighted by molar-refractivity contribution is -0.144. The number of aryl methyl sites for hydroxylation is 1. The third kappa shape index (κ3) is 7.67. The molecule has 8 heteroatoms. The van der Waals surface area contributed by atoms with E-state index in [0.717, 1.165) is 37.7 Å². The molecular formula is C27H33N3O5. The number of carbonyl (C=O) groups excluding carboxylic acids is 3. The highest BCUT2D eigenvalue weighted by atomic mass is 16.5. The quantitative estimate of drug-likeness (QED) is 0.206. The summed E-state index contributed by atoms with van der Waals surface area (Å²) in [5.74, 6) is -0.280. The van der Waals surface area contributed by atoms with Crippen LogP contribution in [0.15, 0.2) is 42.5 Å². The lowest BCUT2D eigenvalue weighted by Crippen LogP contribution is -2.31. The number of hydrogen-bond acceptors (Lipinski definition) is 6. The molecule has 3 rings (SSSR count). The van der Waals surface area contributed by atoms with E-state index in [1.807, 2.05) is 32.0 Å². The van der Waals surface area contributed by atoms with Crippen molar-refractivity contribution in [2.75, 3.05) is 18.5 Å². The summed E-state index contributed by atoms with van der Waals surface area (Å²) >= 11 is 0. The second kappa shape index (κ2) is 12.7. The largest absolute Gasteiger partial charge is 0.466 e. The average molecular weight is 480 g/mol. The van der Waals surface area contributed by atoms with Crippen molar-refractivity contribution in [3.63, 3.8) is 0 Å². The first kappa shape index (κ1) is 25.9. The molecular weight excluding hydrogens is 446 g/mol. The average Bonchev–Trinajstić information content (AvgIpc) is 2.84. The van der Waals surface area contributed by atoms with Crippen LogP contribution in [0.1, 0.15) is 66.6 Å². The summed E-state index contributed by atoms with van der Waals surface area (Å²) in [6, 6.07) is 12.3. The molecule has 0 heterocycles. The molecule has 2 aromatic carbocycles. The molecule has 0 aliphatic heterocycles. The summed E-state index contributed by atoms with van der Waals surface area (Å²) in [7, 11) is 0. The van der Waals surface area contributed by atoms with E-state index in [1.54, 1.807) is 24.3 Å². The zero-order chi connectivity index (χ0) is 25.2. The molecule has 1 unspecified atom stereocenters. The van der Waals surface area contributed by atoms with Crippen LogP contribution in [0, 0.1) is 11.3 Å². The highest BCUT2D eigenvalue weighted by molar-refractivity contribution is 6.07. The van der Waals surface area contributed by atoms with Gasteiger partial charge in [0.2, 0.25) is 0 Å². The summed E-state index contributed by atoms with van der Waals surface area (Å²) in [6.45, 7) is 4.51. The summed E-state index contributed by atoms with van der Waals surface area (Å²) < 4.78 is 10.1. The highest BCUT2D eigenvalue weighted by Gasteiger charge is 2.22. The number of esters is 1. The Morgan fingerprint density at radius 3 is 2.46 bits per heavy atom. The van der Waals surface area contributed by atoms with Crippen molar-refractivity contribution in [2.45, 2.75) is 52.4 Å². The fourth-order valence-electron chi connectivity index (χ4n) is 4.05. The lowest BCUT2D eigenvalue weighted by atomic mass is 9.82. The summed E-state index contributed by atoms with van der Waals surface area (Å²) in [5, 5.41) is 13.3. The van der Waals surface area contributed by atoms with Gasteiger partial charge in [-0.3, -0.25) is 20.3 Å². The Morgan fingerprint density at radius 1 is 1.00 bits per heavy atom. The third-order valence-electron chi connectivity index (χ3n) is 5.95. The fourth-order valence-corrected chi connectivity index (χ4v) is 4.05. The number of alkyl carbamates (subject to hydrolysis) is 1. The van der Waals surface area contributed by atoms with E-state index in [9.17, 15) is 14.4 Å². The number of amidine groups is 1. The Bertz CT molecular complexity index is 1060. The number of unbranched alkanes of at least 4 members (excludes halogenated alkanes) is 1. The van der Waals surface area contributed by atoms with E-state index in [-0.39, 0.29) is 23.6 Å². The van der Waals surface area contributed by atoms with Crippen LogP contribution in [-0.2, 0) is 27.1 Å². The number of ether oxygens (including phenoxy) is 2. The molecule has 0 aromatic heterocycles. The molecule has 1 aliphatic carbocycles. The first-order valence-corrected chi connectivity index (χ1v) is 12.1. The van der Waals surface area contributed by atoms with Crippen LogP contribution in [0.4, 0.5) is 10.5 Å². The number of benzene rings is 2. The van der Waals surface area contributed by atoms with Crippen LogP contribution in [0.25, 0.3) is 0 Å². The minimum absolute atomic E-state index is 0.0921. The molecule has 186 valence electrons. The van der Waals surface area contributed by atoms with Crippen LogP contribution in [0.2, 0.25) is 0 Å². The zero-order valence-corrected chi connectivity index (χ0v) is 20.3. The summed E-state index contributed by atoms with van der Waals surface area (Å²) in [5.41, 5.74) is 3.98. The van der Waals surface area contributed by atoms with Gasteiger partial charge in [-0.1, -0.05) is 31.5 Å². The monoisotopic (exact) mass is 479 g/mol. The second-order valence-electron chi connectivity index (χ2n) is 8.62. The van der Waals surface area contributed by atoms with Gasteiger partial charge < -0.3 is 14.8 Å². The normalized spacial score (nSPS) is 14.4. The lowest BCUT2D eigenvalue weighted by Gasteiger charge is -2.24. The van der Waals surface area contributed by atoms with Gasteiger partial charge in [0.05, 0.1) is 13.2 Å². The number of hydrogen-bond donors (Lipinski definition) is 3. The predicted octanol–water partition coefficient (Wildman–Crippen LogP) is 4.85. The van der Waals surface area contributed by atoms with E-state index in [4.69, 9.17) is 14.9 Å². The molecule has 0 fully saturated rings. The maximum absolute atomic E-state index is 12.8. The standard InChI is InChI=1S/C27H33N3O5/c1-3-5-14-35-27(33)30-25(28)20-8-10-21(11-9-20)26(32)29-23-13-12-19-7-6-18(15-22(19)17-23)16-24(31)34-4-2/h8-13,17-18H,3-7,14-16H2,1-2H3,(H,29,32)(H2,28,30,33). The first-order valence-electron chi connectivity index (χ1n) is 12.1. The SMILES string of the molecule is CCCCOC(=O)NC(=N)c1ccc(C(=O)Nc2ccc3c(c2)CC(CC(=O)OCC)CC3)cc1. The molecule has 0 saturated heterocycles. The summed E-state index contributed by atoms with van der Waals surface area (Å²) in [6.07, 6.45) is 4.06. The zero-order valence-electron chi connectivity index (χ0n) is 20.3. The smallest absolute Gasteiger partial charge is 0.412 e. The molecule has 2 amide bonds. The molecule has 1 atom stereocenters. The van der Waals surface area contributed by atoms with Crippen molar-refractivity contribution in [1.82, 2.24) is 5.32 Å². The van der Waals surface area contributed by atoms with E-state index in [2.05, 4.69) is 10.6 Å². The number of fused-ring (bicyclic) bond motifs is 1. The molecule has 0 radical (unpaired) electrons. The summed E-state index contributed by atoms with van der Waals surface area (Å²) in [4.78, 5) is 36.3. The van der Waals surface area contributed by atoms with Crippen molar-refractivity contribution in [3.8, 4) is 0 Å². The molecule has 0 spiro atoms. The third-order valence-corrected chi connectivity index (χ3v) is 5.95. The first-order chi connectivity index (χ1) is 16.9. The minimum Gasteiger partial charge on any atom is -0.466 e. The Morgan fingerprint density at radius 2 is 1.74 bits per heavy atom. The minimum atomic E-state index is -0.665. The van der Waals surface area contributed by atoms with Crippen molar-refractivity contribution in [2.24, 2.45) is 5.92 Å². The van der Waals surface area contributed by atoms with Gasteiger partial charge in [-0.2, -0.15) is 0 Å². The molecule has 3 N–H and O–H groups in total. The van der Waals surface area contributed by atoms with Crippen molar-refractivity contribution in [1.29, 1.82) is 5.41 Å². The van der Waals surface area contributed by atoms with Gasteiger partial charge in [-0.05, 0) is 73.9 Å². The molecule has 2 aromatic rings. The number of nitrogens with one attached hydrogen (secondary N) is 3. The van der Waals surface area contributed by atoms with E-state index < -0.39 is 6.09 Å². The van der Waals surface area contributed by atoms with Gasteiger partial charge in [0, 0.05) is 23.2 Å². The predicted molar refractivity (Wildman–Crippen MR) is 134 cm³/mol. The van der Waals surface area contributed by atoms with E-state index in [1.165, 1.54) is 5.56 Å². The van der Waals surface area contributed by atoms with Crippen LogP contribution < -0.4 is 10.6 Å². The van der Waals surface area contributed by atoms with Crippen LogP contribution in [0.3, 0.4) is 0 Å². The van der Waals surface area contributed by atoms with Crippen LogP contribution in [0.5, 0.6) is 0 Å². The van der Waals surface area contributed by atoms with Gasteiger partial charge in [0.1, 0.15) is 5.84 Å². The Kier molecular flexibility index (Phi) is 9.40. The van der Waals surface area contributed by atoms with Crippen molar-refractivity contribution >= 4 is 29.5 Å². The van der Waals surface area contributed by atoms with Crippen LogP contribution >= 0.6 is 0 Å². The highest BCUT2D eigenvalue weighted by Crippen LogP contribution is 2.30. The molecule has 1 aliphatic rings. The van der Waals surface area contributed by atoms with Crippen molar-refractivity contribution in [3.05, 3.63) is 64.7 Å². The topological polar surface area (TPSA) is 118 Å². The molecule has 35 heavy (non-hydrogen) atoms. The number of carbonyl (C=O) groups is 3. The molecule has 8 nitrogen and oxygen atoms in total. The van der Waals surface area contributed by atoms with Gasteiger partial charge in [0.25, 0.3) is 5.91 Å². The van der Waals surface area contributed by atoms with Gasteiger partial charge >= 0.3 is 12.1 Å². The number of amides is 2. The van der Waals surface area contributed by atoms with E-state index >= 15 is 0 Å². The fraction of sp³-hybridized carbons (Fsp3) is 0.407. The van der Waals surface area contributed by atoms with Gasteiger partial charge in [-0.15, -0.1) is 0 Å². The van der Waals surface area contributed by atoms with Crippen LogP contribution in [-0.4, -0.2) is 37.0 Å². The maximum Gasteiger partial charge on any atom is 0.412 e. The number of anilines is 1. The Hall–Kier alpha value is -3.68. The van der Waals surface area contributed by atoms with E-state index in [0.29, 0.717) is 36.4 Å². The van der Waals surface area contributed by atoms with Gasteiger partial charge in [-0.25, -0.2) is 4.79 Å². The second-order valence-corrected chi connectivity index (χ2v) is 8.62. The molecule has 0 bridgehead atoms. The molecule has 0 saturated carbocycles.